The molecular weight excluding hydrogens is 282 g/mol. The van der Waals surface area contributed by atoms with Crippen molar-refractivity contribution >= 4 is 22.5 Å². The first-order valence-corrected chi connectivity index (χ1v) is 6.90. The summed E-state index contributed by atoms with van der Waals surface area (Å²) in [6.45, 7) is 2.64. The lowest BCUT2D eigenvalue weighted by atomic mass is 10.2. The van der Waals surface area contributed by atoms with Crippen LogP contribution in [0.15, 0.2) is 41.5 Å². The summed E-state index contributed by atoms with van der Waals surface area (Å²) in [6, 6.07) is 7.06. The van der Waals surface area contributed by atoms with Crippen LogP contribution in [0, 0.1) is 0 Å². The molecule has 0 saturated carbocycles. The van der Waals surface area contributed by atoms with Crippen LogP contribution in [0.4, 0.5) is 5.69 Å². The lowest BCUT2D eigenvalue weighted by Crippen LogP contribution is -2.26. The number of carbonyl (C=O) groups is 1. The van der Waals surface area contributed by atoms with Gasteiger partial charge in [0, 0.05) is 25.2 Å². The predicted octanol–water partition coefficient (Wildman–Crippen LogP) is 1.40. The molecule has 0 atom stereocenters. The summed E-state index contributed by atoms with van der Waals surface area (Å²) >= 11 is 0. The third-order valence-electron chi connectivity index (χ3n) is 3.39. The van der Waals surface area contributed by atoms with E-state index in [0.717, 1.165) is 0 Å². The molecule has 0 unspecified atom stereocenters. The number of carbonyl (C=O) groups excluding carboxylic acids is 1. The Hall–Kier alpha value is -2.96. The van der Waals surface area contributed by atoms with Crippen LogP contribution < -0.4 is 10.7 Å². The summed E-state index contributed by atoms with van der Waals surface area (Å²) in [7, 11) is 1.70. The van der Waals surface area contributed by atoms with Gasteiger partial charge >= 0.3 is 0 Å². The van der Waals surface area contributed by atoms with Crippen LogP contribution in [-0.2, 0) is 13.6 Å². The number of nitrogens with one attached hydrogen (secondary N) is 1. The second-order valence-electron chi connectivity index (χ2n) is 4.86. The molecule has 0 saturated heterocycles. The van der Waals surface area contributed by atoms with Crippen LogP contribution in [0.3, 0.4) is 0 Å². The highest BCUT2D eigenvalue weighted by atomic mass is 16.2. The molecule has 7 heteroatoms. The molecule has 0 aliphatic heterocycles. The van der Waals surface area contributed by atoms with E-state index in [2.05, 4.69) is 15.5 Å². The van der Waals surface area contributed by atoms with Gasteiger partial charge in [-0.25, -0.2) is 0 Å². The lowest BCUT2D eigenvalue weighted by molar-refractivity contribution is 0.101. The molecule has 0 radical (unpaired) electrons. The van der Waals surface area contributed by atoms with E-state index >= 15 is 0 Å². The van der Waals surface area contributed by atoms with Crippen LogP contribution in [0.2, 0.25) is 0 Å². The Kier molecular flexibility index (Phi) is 3.46. The topological polar surface area (TPSA) is 81.8 Å². The van der Waals surface area contributed by atoms with Crippen molar-refractivity contribution in [2.75, 3.05) is 5.32 Å². The third-order valence-corrected chi connectivity index (χ3v) is 3.39. The van der Waals surface area contributed by atoms with Gasteiger partial charge in [-0.05, 0) is 19.1 Å². The van der Waals surface area contributed by atoms with Gasteiger partial charge in [-0.15, -0.1) is 0 Å². The lowest BCUT2D eigenvalue weighted by Gasteiger charge is -2.07. The van der Waals surface area contributed by atoms with Gasteiger partial charge in [0.15, 0.2) is 5.69 Å². The Balaban J connectivity index is 2.00. The SMILES string of the molecule is CCn1cc(NC(=O)c2nn(C)c3ccccc3c2=O)cn1. The summed E-state index contributed by atoms with van der Waals surface area (Å²) in [6.07, 6.45) is 3.23. The maximum atomic E-state index is 12.4. The number of anilines is 1. The largest absolute Gasteiger partial charge is 0.318 e. The van der Waals surface area contributed by atoms with E-state index in [0.29, 0.717) is 23.1 Å². The molecule has 1 amide bonds. The zero-order valence-corrected chi connectivity index (χ0v) is 12.3. The molecule has 112 valence electrons. The summed E-state index contributed by atoms with van der Waals surface area (Å²) in [5, 5.41) is 11.3. The second kappa shape index (κ2) is 5.44. The Morgan fingerprint density at radius 2 is 2.09 bits per heavy atom. The average Bonchev–Trinajstić information content (AvgIpc) is 2.98. The van der Waals surface area contributed by atoms with Gasteiger partial charge in [-0.1, -0.05) is 12.1 Å². The van der Waals surface area contributed by atoms with Gasteiger partial charge < -0.3 is 5.32 Å². The first-order valence-electron chi connectivity index (χ1n) is 6.90. The van der Waals surface area contributed by atoms with E-state index in [1.54, 1.807) is 36.1 Å². The van der Waals surface area contributed by atoms with Gasteiger partial charge in [0.2, 0.25) is 5.43 Å². The van der Waals surface area contributed by atoms with Crippen molar-refractivity contribution in [1.29, 1.82) is 0 Å². The molecule has 1 N–H and O–H groups in total. The van der Waals surface area contributed by atoms with Crippen LogP contribution in [0.1, 0.15) is 17.4 Å². The fraction of sp³-hybridized carbons (Fsp3) is 0.200. The van der Waals surface area contributed by atoms with Crippen molar-refractivity contribution in [3.63, 3.8) is 0 Å². The minimum Gasteiger partial charge on any atom is -0.318 e. The van der Waals surface area contributed by atoms with E-state index in [1.165, 1.54) is 10.9 Å². The van der Waals surface area contributed by atoms with E-state index < -0.39 is 5.91 Å². The Morgan fingerprint density at radius 1 is 1.32 bits per heavy atom. The van der Waals surface area contributed by atoms with Crippen molar-refractivity contribution in [1.82, 2.24) is 19.6 Å². The minimum absolute atomic E-state index is 0.134. The molecule has 2 aromatic heterocycles. The molecule has 22 heavy (non-hydrogen) atoms. The smallest absolute Gasteiger partial charge is 0.280 e. The molecule has 0 fully saturated rings. The fourth-order valence-corrected chi connectivity index (χ4v) is 2.26. The molecule has 7 nitrogen and oxygen atoms in total. The number of amides is 1. The van der Waals surface area contributed by atoms with Crippen molar-refractivity contribution in [2.45, 2.75) is 13.5 Å². The number of benzene rings is 1. The maximum absolute atomic E-state index is 12.4. The first kappa shape index (κ1) is 14.0. The number of nitrogens with zero attached hydrogens (tertiary/aromatic N) is 4. The van der Waals surface area contributed by atoms with Gasteiger partial charge in [0.05, 0.1) is 17.4 Å². The van der Waals surface area contributed by atoms with E-state index in [4.69, 9.17) is 0 Å². The van der Waals surface area contributed by atoms with Gasteiger partial charge in [0.25, 0.3) is 5.91 Å². The Labute approximate surface area is 126 Å². The molecule has 0 aliphatic rings. The fourth-order valence-electron chi connectivity index (χ4n) is 2.26. The monoisotopic (exact) mass is 297 g/mol. The van der Waals surface area contributed by atoms with Crippen molar-refractivity contribution in [3.05, 3.63) is 52.6 Å². The zero-order valence-electron chi connectivity index (χ0n) is 12.3. The number of rotatable bonds is 3. The normalized spacial score (nSPS) is 10.8. The van der Waals surface area contributed by atoms with Gasteiger partial charge in [0.1, 0.15) is 0 Å². The van der Waals surface area contributed by atoms with E-state index in [9.17, 15) is 9.59 Å². The number of para-hydroxylation sites is 1. The minimum atomic E-state index is -0.540. The number of fused-ring (bicyclic) bond motifs is 1. The number of hydrogen-bond acceptors (Lipinski definition) is 4. The zero-order chi connectivity index (χ0) is 15.7. The molecule has 2 heterocycles. The van der Waals surface area contributed by atoms with Crippen LogP contribution >= 0.6 is 0 Å². The summed E-state index contributed by atoms with van der Waals surface area (Å²) in [5.74, 6) is -0.540. The van der Waals surface area contributed by atoms with E-state index in [1.807, 2.05) is 13.0 Å². The molecule has 3 aromatic rings. The molecule has 0 aliphatic carbocycles. The van der Waals surface area contributed by atoms with Gasteiger partial charge in [-0.2, -0.15) is 10.2 Å². The quantitative estimate of drug-likeness (QED) is 0.792. The number of aromatic nitrogens is 4. The molecular formula is C15H15N5O2. The summed E-state index contributed by atoms with van der Waals surface area (Å²) in [4.78, 5) is 24.7. The highest BCUT2D eigenvalue weighted by Gasteiger charge is 2.17. The summed E-state index contributed by atoms with van der Waals surface area (Å²) < 4.78 is 3.21. The molecule has 3 rings (SSSR count). The molecule has 1 aromatic carbocycles. The standard InChI is InChI=1S/C15H15N5O2/c1-3-20-9-10(8-16-20)17-15(22)13-14(21)11-6-4-5-7-12(11)19(2)18-13/h4-9H,3H2,1-2H3,(H,17,22). The van der Waals surface area contributed by atoms with Crippen molar-refractivity contribution < 1.29 is 4.79 Å². The van der Waals surface area contributed by atoms with Gasteiger partial charge in [-0.3, -0.25) is 19.0 Å². The van der Waals surface area contributed by atoms with Crippen molar-refractivity contribution in [3.8, 4) is 0 Å². The van der Waals surface area contributed by atoms with Crippen LogP contribution in [-0.4, -0.2) is 25.5 Å². The number of aryl methyl sites for hydroxylation is 2. The van der Waals surface area contributed by atoms with E-state index in [-0.39, 0.29) is 11.1 Å². The Bertz CT molecular complexity index is 910. The maximum Gasteiger partial charge on any atom is 0.280 e. The van der Waals surface area contributed by atoms with Crippen LogP contribution in [0.5, 0.6) is 0 Å². The third kappa shape index (κ3) is 2.37. The second-order valence-corrected chi connectivity index (χ2v) is 4.86. The van der Waals surface area contributed by atoms with Crippen LogP contribution in [0.25, 0.3) is 10.9 Å². The average molecular weight is 297 g/mol. The predicted molar refractivity (Wildman–Crippen MR) is 82.8 cm³/mol. The summed E-state index contributed by atoms with van der Waals surface area (Å²) in [5.41, 5.74) is 0.700. The molecule has 0 bridgehead atoms. The highest BCUT2D eigenvalue weighted by Crippen LogP contribution is 2.10. The molecule has 0 spiro atoms. The van der Waals surface area contributed by atoms with Crippen molar-refractivity contribution in [2.24, 2.45) is 7.05 Å². The highest BCUT2D eigenvalue weighted by molar-refractivity contribution is 6.04. The first-order chi connectivity index (χ1) is 10.6. The Morgan fingerprint density at radius 3 is 2.82 bits per heavy atom. The number of hydrogen-bond donors (Lipinski definition) is 1.